The Bertz CT molecular complexity index is 700. The number of allylic oxidation sites excluding steroid dienone is 3. The minimum atomic E-state index is -4.44. The number of esters is 1. The molecule has 0 aliphatic rings. The van der Waals surface area contributed by atoms with E-state index in [4.69, 9.17) is 45.5 Å². The third-order valence-corrected chi connectivity index (χ3v) is 8.41. The predicted molar refractivity (Wildman–Crippen MR) is 133 cm³/mol. The number of carbonyl (C=O) groups is 1. The van der Waals surface area contributed by atoms with Crippen LogP contribution in [0.1, 0.15) is 20.8 Å². The van der Waals surface area contributed by atoms with E-state index in [1.807, 2.05) is 0 Å². The summed E-state index contributed by atoms with van der Waals surface area (Å²) in [5.41, 5.74) is -0.116. The molecule has 0 saturated carbocycles. The van der Waals surface area contributed by atoms with Crippen LogP contribution in [0.2, 0.25) is 0 Å². The first-order valence-corrected chi connectivity index (χ1v) is 13.1. The van der Waals surface area contributed by atoms with E-state index in [1.165, 1.54) is 0 Å². The van der Waals surface area contributed by atoms with Crippen LogP contribution in [0.15, 0.2) is 33.0 Å². The molecule has 0 heterocycles. The highest BCUT2D eigenvalue weighted by Crippen LogP contribution is 2.63. The summed E-state index contributed by atoms with van der Waals surface area (Å²) in [6.07, 6.45) is 0. The van der Waals surface area contributed by atoms with Crippen LogP contribution in [0, 0.1) is 0 Å². The minimum Gasteiger partial charge on any atom is -0.462 e. The van der Waals surface area contributed by atoms with Gasteiger partial charge in [0.25, 0.3) is 0 Å². The molecule has 0 atom stereocenters. The molecule has 0 amide bonds. The van der Waals surface area contributed by atoms with Crippen molar-refractivity contribution in [3.63, 3.8) is 0 Å². The van der Waals surface area contributed by atoms with E-state index in [0.29, 0.717) is 24.6 Å². The second-order valence-corrected chi connectivity index (χ2v) is 10.6. The van der Waals surface area contributed by atoms with E-state index < -0.39 is 18.9 Å². The van der Waals surface area contributed by atoms with Gasteiger partial charge in [0.1, 0.15) is 0 Å². The highest BCUT2D eigenvalue weighted by Gasteiger charge is 2.43. The Morgan fingerprint density at radius 2 is 1.34 bits per heavy atom. The highest BCUT2D eigenvalue weighted by atomic mass is 79.9. The van der Waals surface area contributed by atoms with Crippen molar-refractivity contribution in [3.8, 4) is 0 Å². The van der Waals surface area contributed by atoms with Gasteiger partial charge in [-0.05, 0) is 52.6 Å². The van der Waals surface area contributed by atoms with E-state index in [-0.39, 0.29) is 44.1 Å². The van der Waals surface area contributed by atoms with Crippen LogP contribution in [0.5, 0.6) is 0 Å². The van der Waals surface area contributed by atoms with E-state index in [0.717, 1.165) is 0 Å². The van der Waals surface area contributed by atoms with Crippen LogP contribution in [-0.4, -0.2) is 35.5 Å². The number of hydrogen-bond acceptors (Lipinski definition) is 11. The molecule has 164 valence electrons. The fraction of sp³-hybridized carbons (Fsp3) is 0.400. The van der Waals surface area contributed by atoms with E-state index in [2.05, 4.69) is 45.0 Å². The number of hydrogen-bond donors (Lipinski definition) is 0. The topological polar surface area (TPSA) is 80.3 Å². The van der Waals surface area contributed by atoms with Crippen LogP contribution in [-0.2, 0) is 30.4 Å². The summed E-state index contributed by atoms with van der Waals surface area (Å²) in [5, 5.41) is -0.532. The van der Waals surface area contributed by atoms with Gasteiger partial charge in [-0.3, -0.25) is 12.9 Å². The zero-order chi connectivity index (χ0) is 22.6. The molecule has 0 N–H and O–H groups in total. The largest absolute Gasteiger partial charge is 0.462 e. The molecular formula is C15H19Br2O7PS4. The summed E-state index contributed by atoms with van der Waals surface area (Å²) >= 11 is 17.8. The molecule has 0 radical (unpaired) electrons. The molecule has 29 heavy (non-hydrogen) atoms. The van der Waals surface area contributed by atoms with Gasteiger partial charge in [-0.2, -0.15) is 0 Å². The SMILES string of the molecule is C=C(Br)C(=S)C(C(=S)C(=C)Br)=C(C(=O)OCC)P(=O)(OSOCC)OSOCC. The van der Waals surface area contributed by atoms with Crippen molar-refractivity contribution in [1.82, 2.24) is 0 Å². The van der Waals surface area contributed by atoms with Crippen molar-refractivity contribution in [2.75, 3.05) is 19.8 Å². The molecule has 0 aromatic heterocycles. The van der Waals surface area contributed by atoms with Crippen molar-refractivity contribution in [3.05, 3.63) is 33.0 Å². The lowest BCUT2D eigenvalue weighted by Gasteiger charge is -2.21. The molecule has 0 aliphatic heterocycles. The van der Waals surface area contributed by atoms with Crippen molar-refractivity contribution < 1.29 is 30.4 Å². The van der Waals surface area contributed by atoms with Crippen molar-refractivity contribution in [2.45, 2.75) is 20.8 Å². The number of halogens is 2. The monoisotopic (exact) mass is 628 g/mol. The number of ether oxygens (including phenoxy) is 1. The minimum absolute atomic E-state index is 0.00565. The van der Waals surface area contributed by atoms with Crippen molar-refractivity contribution in [1.29, 1.82) is 0 Å². The van der Waals surface area contributed by atoms with Gasteiger partial charge in [0.05, 0.1) is 29.5 Å². The summed E-state index contributed by atoms with van der Waals surface area (Å²) in [6.45, 7) is 12.8. The zero-order valence-corrected chi connectivity index (χ0v) is 23.1. The molecule has 0 saturated heterocycles. The second-order valence-electron chi connectivity index (χ2n) is 4.51. The van der Waals surface area contributed by atoms with Gasteiger partial charge in [0.2, 0.25) is 0 Å². The van der Waals surface area contributed by atoms with E-state index in [9.17, 15) is 9.36 Å². The fourth-order valence-corrected chi connectivity index (χ4v) is 5.35. The van der Waals surface area contributed by atoms with Gasteiger partial charge < -0.3 is 4.74 Å². The fourth-order valence-electron chi connectivity index (χ4n) is 1.45. The maximum atomic E-state index is 13.7. The summed E-state index contributed by atoms with van der Waals surface area (Å²) < 4.78 is 39.7. The standard InChI is InChI=1S/C15H19Br2O7PS4/c1-6-20-15(18)12(11(13(26)9(4)16)14(27)10(5)17)25(19,23-28-21-7-2)24-29-22-8-3/h4-8H2,1-3H3. The lowest BCUT2D eigenvalue weighted by molar-refractivity contribution is -0.137. The molecule has 14 heteroatoms. The molecule has 0 aromatic carbocycles. The van der Waals surface area contributed by atoms with E-state index >= 15 is 0 Å². The van der Waals surface area contributed by atoms with Crippen LogP contribution < -0.4 is 0 Å². The number of carbonyl (C=O) groups excluding carboxylic acids is 1. The molecule has 7 nitrogen and oxygen atoms in total. The molecule has 0 bridgehead atoms. The summed E-state index contributed by atoms with van der Waals surface area (Å²) in [5.74, 6) is -1.01. The lowest BCUT2D eigenvalue weighted by atomic mass is 10.1. The quantitative estimate of drug-likeness (QED) is 0.0480. The molecule has 0 rings (SSSR count). The molecule has 0 unspecified atom stereocenters. The summed E-state index contributed by atoms with van der Waals surface area (Å²) in [7, 11) is -4.44. The van der Waals surface area contributed by atoms with Gasteiger partial charge >= 0.3 is 13.6 Å². The Labute approximate surface area is 207 Å². The average Bonchev–Trinajstić information content (AvgIpc) is 2.65. The van der Waals surface area contributed by atoms with Crippen LogP contribution in [0.4, 0.5) is 0 Å². The molecule has 0 spiro atoms. The lowest BCUT2D eigenvalue weighted by Crippen LogP contribution is -2.20. The average molecular weight is 630 g/mol. The van der Waals surface area contributed by atoms with Gasteiger partial charge in [0.15, 0.2) is 30.0 Å². The van der Waals surface area contributed by atoms with Gasteiger partial charge in [-0.25, -0.2) is 12.7 Å². The Morgan fingerprint density at radius 3 is 1.66 bits per heavy atom. The van der Waals surface area contributed by atoms with Crippen LogP contribution in [0.3, 0.4) is 0 Å². The Hall–Kier alpha value is 0.600. The molecule has 0 aromatic rings. The third-order valence-electron chi connectivity index (χ3n) is 2.52. The predicted octanol–water partition coefficient (Wildman–Crippen LogP) is 6.79. The number of thiocarbonyl (C=S) groups is 2. The zero-order valence-electron chi connectivity index (χ0n) is 15.7. The molecule has 0 aliphatic carbocycles. The first-order valence-electron chi connectivity index (χ1n) is 7.83. The maximum Gasteiger partial charge on any atom is 0.395 e. The first-order chi connectivity index (χ1) is 13.6. The Morgan fingerprint density at radius 1 is 0.931 bits per heavy atom. The highest BCUT2D eigenvalue weighted by molar-refractivity contribution is 9.12. The van der Waals surface area contributed by atoms with Gasteiger partial charge in [0, 0.05) is 14.5 Å². The van der Waals surface area contributed by atoms with E-state index in [1.54, 1.807) is 20.8 Å². The Balaban J connectivity index is 6.83. The maximum absolute atomic E-state index is 13.7. The third kappa shape index (κ3) is 9.73. The van der Waals surface area contributed by atoms with Crippen molar-refractivity contribution >= 4 is 104 Å². The normalized spacial score (nSPS) is 10.9. The van der Waals surface area contributed by atoms with Crippen LogP contribution in [0.25, 0.3) is 0 Å². The van der Waals surface area contributed by atoms with Gasteiger partial charge in [-0.15, -0.1) is 0 Å². The number of rotatable bonds is 15. The molecular weight excluding hydrogens is 611 g/mol. The smallest absolute Gasteiger partial charge is 0.395 e. The van der Waals surface area contributed by atoms with Crippen molar-refractivity contribution in [2.24, 2.45) is 0 Å². The summed E-state index contributed by atoms with van der Waals surface area (Å²) in [4.78, 5) is 12.8. The second kappa shape index (κ2) is 15.4. The van der Waals surface area contributed by atoms with Crippen LogP contribution >= 0.6 is 88.5 Å². The van der Waals surface area contributed by atoms with Gasteiger partial charge in [-0.1, -0.05) is 37.6 Å². The summed E-state index contributed by atoms with van der Waals surface area (Å²) in [6, 6.07) is 0. The Kier molecular flexibility index (Phi) is 15.7. The first kappa shape index (κ1) is 29.6. The molecule has 0 fully saturated rings.